The Morgan fingerprint density at radius 3 is 2.38 bits per heavy atom. The standard InChI is InChI=1S/C27H31N3O2/c1-20-25-15-9-10-16-26(25)30(28-20)19-24(31)18-22(17-21-11-5-3-6-12-21)27(32)29(2)23-13-7-4-8-14-23/h3-8,11-14,22H,9-10,15-19H2,1-2H3/t22-/m1/s1. The van der Waals surface area contributed by atoms with Gasteiger partial charge < -0.3 is 4.90 Å². The highest BCUT2D eigenvalue weighted by molar-refractivity contribution is 5.97. The van der Waals surface area contributed by atoms with E-state index < -0.39 is 5.92 Å². The smallest absolute Gasteiger partial charge is 0.230 e. The first-order valence-corrected chi connectivity index (χ1v) is 11.5. The lowest BCUT2D eigenvalue weighted by atomic mass is 9.92. The normalized spacial score (nSPS) is 13.9. The van der Waals surface area contributed by atoms with Crippen molar-refractivity contribution in [3.05, 3.63) is 83.2 Å². The number of amides is 1. The predicted octanol–water partition coefficient (Wildman–Crippen LogP) is 4.55. The molecule has 1 heterocycles. The Morgan fingerprint density at radius 2 is 1.66 bits per heavy atom. The van der Waals surface area contributed by atoms with E-state index >= 15 is 0 Å². The molecule has 0 N–H and O–H groups in total. The van der Waals surface area contributed by atoms with Crippen LogP contribution < -0.4 is 4.90 Å². The number of para-hydroxylation sites is 1. The number of ketones is 1. The van der Waals surface area contributed by atoms with Crippen molar-refractivity contribution in [1.82, 2.24) is 9.78 Å². The minimum Gasteiger partial charge on any atom is -0.315 e. The molecule has 0 unspecified atom stereocenters. The average Bonchev–Trinajstić information content (AvgIpc) is 3.14. The number of anilines is 1. The molecule has 0 aliphatic heterocycles. The van der Waals surface area contributed by atoms with E-state index in [4.69, 9.17) is 0 Å². The van der Waals surface area contributed by atoms with E-state index in [1.165, 1.54) is 17.7 Å². The zero-order valence-electron chi connectivity index (χ0n) is 19.0. The van der Waals surface area contributed by atoms with Gasteiger partial charge in [0.05, 0.1) is 12.2 Å². The molecule has 0 saturated carbocycles. The molecule has 0 saturated heterocycles. The molecule has 166 valence electrons. The molecule has 1 atom stereocenters. The van der Waals surface area contributed by atoms with Crippen molar-refractivity contribution in [1.29, 1.82) is 0 Å². The Kier molecular flexibility index (Phi) is 6.84. The molecule has 32 heavy (non-hydrogen) atoms. The Labute approximate surface area is 190 Å². The number of aryl methyl sites for hydroxylation is 1. The van der Waals surface area contributed by atoms with E-state index in [0.29, 0.717) is 6.42 Å². The summed E-state index contributed by atoms with van der Waals surface area (Å²) in [7, 11) is 1.79. The molecule has 0 fully saturated rings. The molecule has 5 heteroatoms. The predicted molar refractivity (Wildman–Crippen MR) is 127 cm³/mol. The maximum absolute atomic E-state index is 13.4. The summed E-state index contributed by atoms with van der Waals surface area (Å²) in [5.74, 6) is -0.397. The first kappa shape index (κ1) is 22.0. The van der Waals surface area contributed by atoms with Gasteiger partial charge in [-0.3, -0.25) is 14.3 Å². The van der Waals surface area contributed by atoms with Crippen LogP contribution in [0.1, 0.15) is 41.8 Å². The second-order valence-corrected chi connectivity index (χ2v) is 8.74. The minimum atomic E-state index is -0.414. The van der Waals surface area contributed by atoms with E-state index in [0.717, 1.165) is 36.2 Å². The highest BCUT2D eigenvalue weighted by Gasteiger charge is 2.27. The fraction of sp³-hybridized carbons (Fsp3) is 0.370. The monoisotopic (exact) mass is 429 g/mol. The lowest BCUT2D eigenvalue weighted by Gasteiger charge is -2.24. The largest absolute Gasteiger partial charge is 0.315 e. The average molecular weight is 430 g/mol. The van der Waals surface area contributed by atoms with Crippen LogP contribution in [-0.2, 0) is 35.4 Å². The van der Waals surface area contributed by atoms with Gasteiger partial charge in [-0.1, -0.05) is 48.5 Å². The number of benzene rings is 2. The molecule has 5 nitrogen and oxygen atoms in total. The van der Waals surface area contributed by atoms with Crippen molar-refractivity contribution >= 4 is 17.4 Å². The lowest BCUT2D eigenvalue weighted by Crippen LogP contribution is -2.35. The van der Waals surface area contributed by atoms with Gasteiger partial charge in [0.2, 0.25) is 5.91 Å². The highest BCUT2D eigenvalue weighted by Crippen LogP contribution is 2.25. The summed E-state index contributed by atoms with van der Waals surface area (Å²) in [6, 6.07) is 19.5. The number of fused-ring (bicyclic) bond motifs is 1. The quantitative estimate of drug-likeness (QED) is 0.528. The van der Waals surface area contributed by atoms with Crippen molar-refractivity contribution < 1.29 is 9.59 Å². The molecular weight excluding hydrogens is 398 g/mol. The van der Waals surface area contributed by atoms with Crippen molar-refractivity contribution in [2.24, 2.45) is 5.92 Å². The van der Waals surface area contributed by atoms with Gasteiger partial charge in [-0.05, 0) is 62.3 Å². The van der Waals surface area contributed by atoms with Gasteiger partial charge in [0.25, 0.3) is 0 Å². The number of rotatable bonds is 8. The number of nitrogens with zero attached hydrogens (tertiary/aromatic N) is 3. The summed E-state index contributed by atoms with van der Waals surface area (Å²) in [5.41, 5.74) is 5.44. The minimum absolute atomic E-state index is 0.0351. The van der Waals surface area contributed by atoms with Crippen molar-refractivity contribution in [3.63, 3.8) is 0 Å². The van der Waals surface area contributed by atoms with Crippen LogP contribution in [0.5, 0.6) is 0 Å². The number of aromatic nitrogens is 2. The molecule has 2 aromatic carbocycles. The van der Waals surface area contributed by atoms with Crippen LogP contribution >= 0.6 is 0 Å². The zero-order valence-corrected chi connectivity index (χ0v) is 19.0. The van der Waals surface area contributed by atoms with E-state index in [9.17, 15) is 9.59 Å². The molecule has 1 aromatic heterocycles. The fourth-order valence-electron chi connectivity index (χ4n) is 4.70. The van der Waals surface area contributed by atoms with Crippen molar-refractivity contribution in [2.75, 3.05) is 11.9 Å². The highest BCUT2D eigenvalue weighted by atomic mass is 16.2. The fourth-order valence-corrected chi connectivity index (χ4v) is 4.70. The molecule has 1 aliphatic rings. The maximum atomic E-state index is 13.4. The van der Waals surface area contributed by atoms with Gasteiger partial charge in [0.15, 0.2) is 5.78 Å². The third-order valence-corrected chi connectivity index (χ3v) is 6.41. The molecule has 0 spiro atoms. The van der Waals surface area contributed by atoms with Crippen LogP contribution in [0, 0.1) is 12.8 Å². The van der Waals surface area contributed by atoms with E-state index in [2.05, 4.69) is 5.10 Å². The van der Waals surface area contributed by atoms with Gasteiger partial charge in [-0.2, -0.15) is 5.10 Å². The molecule has 1 aliphatic carbocycles. The number of Topliss-reactive ketones (excluding diaryl/α,β-unsaturated/α-hetero) is 1. The van der Waals surface area contributed by atoms with Crippen LogP contribution in [0.4, 0.5) is 5.69 Å². The summed E-state index contributed by atoms with van der Waals surface area (Å²) in [5, 5.41) is 4.65. The summed E-state index contributed by atoms with van der Waals surface area (Å²) in [4.78, 5) is 28.2. The molecule has 3 aromatic rings. The van der Waals surface area contributed by atoms with Crippen LogP contribution in [0.15, 0.2) is 60.7 Å². The first-order valence-electron chi connectivity index (χ1n) is 11.5. The van der Waals surface area contributed by atoms with Crippen LogP contribution in [0.25, 0.3) is 0 Å². The lowest BCUT2D eigenvalue weighted by molar-refractivity contribution is -0.127. The van der Waals surface area contributed by atoms with Crippen LogP contribution in [-0.4, -0.2) is 28.5 Å². The maximum Gasteiger partial charge on any atom is 0.230 e. The molecule has 0 bridgehead atoms. The number of carbonyl (C=O) groups excluding carboxylic acids is 2. The summed E-state index contributed by atoms with van der Waals surface area (Å²) < 4.78 is 1.89. The van der Waals surface area contributed by atoms with Gasteiger partial charge in [-0.25, -0.2) is 0 Å². The van der Waals surface area contributed by atoms with Crippen LogP contribution in [0.3, 0.4) is 0 Å². The zero-order chi connectivity index (χ0) is 22.5. The SMILES string of the molecule is Cc1nn(CC(=O)C[C@@H](Cc2ccccc2)C(=O)N(C)c2ccccc2)c2c1CCCC2. The van der Waals surface area contributed by atoms with Gasteiger partial charge in [-0.15, -0.1) is 0 Å². The topological polar surface area (TPSA) is 55.2 Å². The van der Waals surface area contributed by atoms with Crippen molar-refractivity contribution in [2.45, 2.75) is 52.0 Å². The van der Waals surface area contributed by atoms with E-state index in [1.54, 1.807) is 11.9 Å². The molecule has 0 radical (unpaired) electrons. The molecular formula is C27H31N3O2. The Hall–Kier alpha value is -3.21. The summed E-state index contributed by atoms with van der Waals surface area (Å²) in [6.45, 7) is 2.27. The van der Waals surface area contributed by atoms with Crippen LogP contribution in [0.2, 0.25) is 0 Å². The summed E-state index contributed by atoms with van der Waals surface area (Å²) in [6.07, 6.45) is 5.10. The Bertz CT molecular complexity index is 1070. The molecule has 1 amide bonds. The first-order chi connectivity index (χ1) is 15.5. The van der Waals surface area contributed by atoms with Gasteiger partial charge in [0.1, 0.15) is 0 Å². The number of carbonyl (C=O) groups is 2. The van der Waals surface area contributed by atoms with E-state index in [1.807, 2.05) is 72.3 Å². The summed E-state index contributed by atoms with van der Waals surface area (Å²) >= 11 is 0. The van der Waals surface area contributed by atoms with Crippen molar-refractivity contribution in [3.8, 4) is 0 Å². The number of hydrogen-bond donors (Lipinski definition) is 0. The van der Waals surface area contributed by atoms with Gasteiger partial charge >= 0.3 is 0 Å². The van der Waals surface area contributed by atoms with Gasteiger partial charge in [0, 0.05) is 30.8 Å². The second kappa shape index (κ2) is 9.94. The van der Waals surface area contributed by atoms with E-state index in [-0.39, 0.29) is 24.7 Å². The third-order valence-electron chi connectivity index (χ3n) is 6.41. The molecule has 4 rings (SSSR count). The Morgan fingerprint density at radius 1 is 1.00 bits per heavy atom. The third kappa shape index (κ3) is 4.98. The Balaban J connectivity index is 1.52. The second-order valence-electron chi connectivity index (χ2n) is 8.74. The number of hydrogen-bond acceptors (Lipinski definition) is 3.